The Morgan fingerprint density at radius 3 is 2.56 bits per heavy atom. The van der Waals surface area contributed by atoms with Crippen molar-refractivity contribution in [2.45, 2.75) is 53.0 Å². The van der Waals surface area contributed by atoms with Crippen molar-refractivity contribution in [1.29, 1.82) is 0 Å². The number of hydrogen-bond acceptors (Lipinski definition) is 4. The van der Waals surface area contributed by atoms with Gasteiger partial charge in [-0.3, -0.25) is 4.79 Å². The average Bonchev–Trinajstić information content (AvgIpc) is 2.77. The largest absolute Gasteiger partial charge is 0.407 e. The van der Waals surface area contributed by atoms with Crippen LogP contribution < -0.4 is 10.1 Å². The number of nitrogens with one attached hydrogen (secondary N) is 1. The quantitative estimate of drug-likeness (QED) is 0.800. The first-order chi connectivity index (χ1) is 11.6. The molecule has 132 valence electrons. The van der Waals surface area contributed by atoms with E-state index in [-0.39, 0.29) is 17.4 Å². The van der Waals surface area contributed by atoms with Gasteiger partial charge in [-0.05, 0) is 38.8 Å². The number of aryl methyl sites for hydroxylation is 1. The summed E-state index contributed by atoms with van der Waals surface area (Å²) in [6.07, 6.45) is 1.83. The Morgan fingerprint density at radius 2 is 1.92 bits per heavy atom. The molecule has 0 fully saturated rings. The minimum absolute atomic E-state index is 0.110. The van der Waals surface area contributed by atoms with E-state index in [0.29, 0.717) is 5.88 Å². The van der Waals surface area contributed by atoms with Gasteiger partial charge in [-0.25, -0.2) is 4.98 Å². The highest BCUT2D eigenvalue weighted by molar-refractivity contribution is 5.78. The van der Waals surface area contributed by atoms with Crippen molar-refractivity contribution < 1.29 is 9.53 Å². The molecule has 25 heavy (non-hydrogen) atoms. The highest BCUT2D eigenvalue weighted by Gasteiger charge is 2.41. The van der Waals surface area contributed by atoms with Crippen LogP contribution in [0.2, 0.25) is 0 Å². The lowest BCUT2D eigenvalue weighted by atomic mass is 9.77. The van der Waals surface area contributed by atoms with Crippen LogP contribution in [0.3, 0.4) is 0 Å². The van der Waals surface area contributed by atoms with E-state index in [0.717, 1.165) is 11.3 Å². The number of carbonyl (C=O) groups excluding carboxylic acids is 1. The topological polar surface area (TPSA) is 51.2 Å². The van der Waals surface area contributed by atoms with E-state index in [1.807, 2.05) is 33.0 Å². The van der Waals surface area contributed by atoms with Gasteiger partial charge in [-0.1, -0.05) is 38.1 Å². The van der Waals surface area contributed by atoms with Gasteiger partial charge < -0.3 is 10.1 Å². The first-order valence-corrected chi connectivity index (χ1v) is 8.65. The number of pyridine rings is 1. The normalized spacial score (nSPS) is 18.4. The summed E-state index contributed by atoms with van der Waals surface area (Å²) in [4.78, 5) is 16.5. The molecule has 0 aliphatic carbocycles. The second kappa shape index (κ2) is 5.87. The molecule has 0 spiro atoms. The summed E-state index contributed by atoms with van der Waals surface area (Å²) in [7, 11) is 0. The number of aromatic nitrogens is 1. The molecule has 1 atom stereocenters. The molecule has 0 saturated carbocycles. The van der Waals surface area contributed by atoms with Crippen molar-refractivity contribution in [2.75, 3.05) is 5.32 Å². The molecular weight excluding hydrogens is 312 g/mol. The van der Waals surface area contributed by atoms with Crippen LogP contribution in [0.4, 0.5) is 5.69 Å². The average molecular weight is 338 g/mol. The molecule has 0 saturated heterocycles. The standard InChI is InChI=1S/C21H26N2O2/c1-13-9-7-8-10-14(13)18-21(5,6)15-12-22-17(11-16(15)23-18)25-19(24)20(2,3)4/h7-12,18,23H,1-6H3. The number of esters is 1. The second-order valence-corrected chi connectivity index (χ2v) is 8.36. The molecular formula is C21H26N2O2. The SMILES string of the molecule is Cc1ccccc1C1Nc2cc(OC(=O)C(C)(C)C)ncc2C1(C)C. The Kier molecular flexibility index (Phi) is 4.10. The Labute approximate surface area is 149 Å². The van der Waals surface area contributed by atoms with Gasteiger partial charge in [0.25, 0.3) is 0 Å². The molecule has 1 aromatic carbocycles. The Balaban J connectivity index is 1.93. The molecule has 1 N–H and O–H groups in total. The van der Waals surface area contributed by atoms with Crippen molar-refractivity contribution >= 4 is 11.7 Å². The Hall–Kier alpha value is -2.36. The Morgan fingerprint density at radius 1 is 1.24 bits per heavy atom. The second-order valence-electron chi connectivity index (χ2n) is 8.36. The molecule has 1 aromatic heterocycles. The first kappa shape index (κ1) is 17.5. The van der Waals surface area contributed by atoms with Crippen molar-refractivity contribution in [3.63, 3.8) is 0 Å². The van der Waals surface area contributed by atoms with E-state index in [4.69, 9.17) is 4.74 Å². The van der Waals surface area contributed by atoms with Gasteiger partial charge >= 0.3 is 5.97 Å². The zero-order valence-electron chi connectivity index (χ0n) is 15.8. The summed E-state index contributed by atoms with van der Waals surface area (Å²) in [6, 6.07) is 10.4. The van der Waals surface area contributed by atoms with Gasteiger partial charge in [0.05, 0.1) is 11.5 Å². The minimum atomic E-state index is -0.558. The van der Waals surface area contributed by atoms with Gasteiger partial charge in [0.15, 0.2) is 0 Å². The lowest BCUT2D eigenvalue weighted by Gasteiger charge is -2.29. The van der Waals surface area contributed by atoms with Gasteiger partial charge in [0.2, 0.25) is 5.88 Å². The molecule has 3 rings (SSSR count). The summed E-state index contributed by atoms with van der Waals surface area (Å²) in [5.74, 6) is 0.0556. The van der Waals surface area contributed by atoms with Crippen LogP contribution in [0.1, 0.15) is 57.4 Å². The van der Waals surface area contributed by atoms with E-state index < -0.39 is 5.41 Å². The molecule has 1 aliphatic rings. The predicted molar refractivity (Wildman–Crippen MR) is 99.9 cm³/mol. The molecule has 1 unspecified atom stereocenters. The van der Waals surface area contributed by atoms with Crippen LogP contribution in [0.25, 0.3) is 0 Å². The molecule has 0 bridgehead atoms. The number of nitrogens with zero attached hydrogens (tertiary/aromatic N) is 1. The van der Waals surface area contributed by atoms with Crippen LogP contribution in [-0.4, -0.2) is 11.0 Å². The summed E-state index contributed by atoms with van der Waals surface area (Å²) >= 11 is 0. The van der Waals surface area contributed by atoms with E-state index >= 15 is 0 Å². The molecule has 0 amide bonds. The fourth-order valence-electron chi connectivity index (χ4n) is 3.24. The van der Waals surface area contributed by atoms with E-state index in [1.165, 1.54) is 11.1 Å². The lowest BCUT2D eigenvalue weighted by molar-refractivity contribution is -0.143. The third kappa shape index (κ3) is 3.13. The molecule has 0 radical (unpaired) electrons. The number of benzene rings is 1. The summed E-state index contributed by atoms with van der Waals surface area (Å²) in [5.41, 5.74) is 3.98. The fraction of sp³-hybridized carbons (Fsp3) is 0.429. The van der Waals surface area contributed by atoms with Gasteiger partial charge in [-0.2, -0.15) is 0 Å². The van der Waals surface area contributed by atoms with Crippen LogP contribution in [-0.2, 0) is 10.2 Å². The number of ether oxygens (including phenoxy) is 1. The van der Waals surface area contributed by atoms with E-state index in [1.54, 1.807) is 0 Å². The number of anilines is 1. The van der Waals surface area contributed by atoms with E-state index in [9.17, 15) is 4.79 Å². The highest BCUT2D eigenvalue weighted by Crippen LogP contribution is 2.49. The lowest BCUT2D eigenvalue weighted by Crippen LogP contribution is -2.26. The molecule has 2 heterocycles. The maximum Gasteiger partial charge on any atom is 0.317 e. The Bertz CT molecular complexity index is 819. The fourth-order valence-corrected chi connectivity index (χ4v) is 3.24. The van der Waals surface area contributed by atoms with Crippen molar-refractivity contribution in [3.05, 3.63) is 53.2 Å². The predicted octanol–water partition coefficient (Wildman–Crippen LogP) is 4.79. The molecule has 4 nitrogen and oxygen atoms in total. The summed E-state index contributed by atoms with van der Waals surface area (Å²) in [6.45, 7) is 12.1. The molecule has 1 aliphatic heterocycles. The number of carbonyl (C=O) groups is 1. The van der Waals surface area contributed by atoms with Crippen molar-refractivity contribution in [3.8, 4) is 5.88 Å². The molecule has 2 aromatic rings. The maximum atomic E-state index is 12.1. The summed E-state index contributed by atoms with van der Waals surface area (Å²) < 4.78 is 5.45. The molecule has 4 heteroatoms. The highest BCUT2D eigenvalue weighted by atomic mass is 16.5. The minimum Gasteiger partial charge on any atom is -0.407 e. The monoisotopic (exact) mass is 338 g/mol. The van der Waals surface area contributed by atoms with Gasteiger partial charge in [0.1, 0.15) is 0 Å². The number of rotatable bonds is 2. The van der Waals surface area contributed by atoms with Crippen LogP contribution in [0.15, 0.2) is 36.5 Å². The van der Waals surface area contributed by atoms with E-state index in [2.05, 4.69) is 55.3 Å². The maximum absolute atomic E-state index is 12.1. The van der Waals surface area contributed by atoms with Crippen LogP contribution in [0.5, 0.6) is 5.88 Å². The number of hydrogen-bond donors (Lipinski definition) is 1. The zero-order chi connectivity index (χ0) is 18.4. The number of fused-ring (bicyclic) bond motifs is 1. The third-order valence-electron chi connectivity index (χ3n) is 4.90. The summed E-state index contributed by atoms with van der Waals surface area (Å²) in [5, 5.41) is 3.60. The van der Waals surface area contributed by atoms with Crippen LogP contribution in [0, 0.1) is 12.3 Å². The zero-order valence-corrected chi connectivity index (χ0v) is 15.8. The van der Waals surface area contributed by atoms with Gasteiger partial charge in [0, 0.05) is 28.9 Å². The smallest absolute Gasteiger partial charge is 0.317 e. The van der Waals surface area contributed by atoms with Gasteiger partial charge in [-0.15, -0.1) is 0 Å². The first-order valence-electron chi connectivity index (χ1n) is 8.65. The third-order valence-corrected chi connectivity index (χ3v) is 4.90. The van der Waals surface area contributed by atoms with Crippen LogP contribution >= 0.6 is 0 Å². The van der Waals surface area contributed by atoms with Crippen molar-refractivity contribution in [2.24, 2.45) is 5.41 Å². The van der Waals surface area contributed by atoms with Crippen molar-refractivity contribution in [1.82, 2.24) is 4.98 Å².